The fourth-order valence-corrected chi connectivity index (χ4v) is 2.29. The number of hydrogen-bond donors (Lipinski definition) is 1. The van der Waals surface area contributed by atoms with E-state index in [4.69, 9.17) is 0 Å². The molecule has 2 aromatic rings. The Kier molecular flexibility index (Phi) is 3.89. The summed E-state index contributed by atoms with van der Waals surface area (Å²) in [5.74, 6) is 0. The predicted octanol–water partition coefficient (Wildman–Crippen LogP) is 2.88. The molecule has 0 aliphatic rings. The summed E-state index contributed by atoms with van der Waals surface area (Å²) in [6.45, 7) is 1.98. The van der Waals surface area contributed by atoms with Gasteiger partial charge in [0.2, 0.25) is 0 Å². The summed E-state index contributed by atoms with van der Waals surface area (Å²) in [4.78, 5) is 24.3. The van der Waals surface area contributed by atoms with Crippen LogP contribution in [0, 0.1) is 27.2 Å². The van der Waals surface area contributed by atoms with Crippen LogP contribution in [0.2, 0.25) is 0 Å². The number of benzene rings is 1. The first kappa shape index (κ1) is 13.9. The van der Waals surface area contributed by atoms with Crippen LogP contribution in [-0.2, 0) is 6.54 Å². The number of nitro groups is 2. The van der Waals surface area contributed by atoms with E-state index in [1.807, 2.05) is 0 Å². The number of anilines is 1. The lowest BCUT2D eigenvalue weighted by Gasteiger charge is -2.06. The Morgan fingerprint density at radius 2 is 2.05 bits per heavy atom. The number of nitrogens with zero attached hydrogens (tertiary/aromatic N) is 3. The molecule has 20 heavy (non-hydrogen) atoms. The Morgan fingerprint density at radius 3 is 2.65 bits per heavy atom. The van der Waals surface area contributed by atoms with E-state index < -0.39 is 9.85 Å². The molecule has 0 amide bonds. The van der Waals surface area contributed by atoms with Gasteiger partial charge in [-0.25, -0.2) is 4.98 Å². The second kappa shape index (κ2) is 5.61. The first-order chi connectivity index (χ1) is 9.49. The first-order valence-corrected chi connectivity index (χ1v) is 6.37. The molecule has 1 N–H and O–H groups in total. The Hall–Kier alpha value is -2.55. The van der Waals surface area contributed by atoms with Crippen LogP contribution in [0.3, 0.4) is 0 Å². The fraction of sp³-hybridized carbons (Fsp3) is 0.182. The number of thiazole rings is 1. The molecule has 0 unspecified atom stereocenters. The van der Waals surface area contributed by atoms with E-state index in [-0.39, 0.29) is 10.7 Å². The van der Waals surface area contributed by atoms with Crippen LogP contribution in [0.5, 0.6) is 0 Å². The van der Waals surface area contributed by atoms with Gasteiger partial charge in [-0.15, -0.1) is 0 Å². The maximum absolute atomic E-state index is 10.8. The fourth-order valence-electron chi connectivity index (χ4n) is 1.66. The van der Waals surface area contributed by atoms with Crippen LogP contribution in [0.25, 0.3) is 0 Å². The van der Waals surface area contributed by atoms with Crippen LogP contribution in [0.1, 0.15) is 11.1 Å². The smallest absolute Gasteiger partial charge is 0.345 e. The Labute approximate surface area is 117 Å². The van der Waals surface area contributed by atoms with E-state index in [1.54, 1.807) is 19.1 Å². The van der Waals surface area contributed by atoms with E-state index in [0.29, 0.717) is 17.2 Å². The van der Waals surface area contributed by atoms with E-state index in [1.165, 1.54) is 12.3 Å². The van der Waals surface area contributed by atoms with Gasteiger partial charge < -0.3 is 5.32 Å². The number of hydrogen-bond acceptors (Lipinski definition) is 7. The van der Waals surface area contributed by atoms with Gasteiger partial charge in [0, 0.05) is 18.2 Å². The number of nitrogens with one attached hydrogen (secondary N) is 1. The largest absolute Gasteiger partial charge is 0.357 e. The van der Waals surface area contributed by atoms with Crippen LogP contribution < -0.4 is 5.32 Å². The van der Waals surface area contributed by atoms with Crippen molar-refractivity contribution in [1.29, 1.82) is 0 Å². The molecule has 0 aliphatic heterocycles. The van der Waals surface area contributed by atoms with Crippen molar-refractivity contribution in [2.24, 2.45) is 0 Å². The van der Waals surface area contributed by atoms with Crippen molar-refractivity contribution >= 4 is 27.2 Å². The monoisotopic (exact) mass is 294 g/mol. The number of aromatic nitrogens is 1. The molecule has 0 bridgehead atoms. The quantitative estimate of drug-likeness (QED) is 0.670. The van der Waals surface area contributed by atoms with Crippen molar-refractivity contribution in [2.75, 3.05) is 5.32 Å². The summed E-state index contributed by atoms with van der Waals surface area (Å²) in [5, 5.41) is 24.6. The molecular weight excluding hydrogens is 284 g/mol. The minimum absolute atomic E-state index is 0.0504. The van der Waals surface area contributed by atoms with Crippen molar-refractivity contribution in [1.82, 2.24) is 4.98 Å². The van der Waals surface area contributed by atoms with Crippen LogP contribution >= 0.6 is 11.3 Å². The van der Waals surface area contributed by atoms with Crippen molar-refractivity contribution in [3.05, 3.63) is 55.8 Å². The second-order valence-corrected chi connectivity index (χ2v) is 4.94. The minimum atomic E-state index is -0.512. The number of nitro benzene ring substituents is 1. The van der Waals surface area contributed by atoms with Crippen LogP contribution in [-0.4, -0.2) is 14.8 Å². The molecule has 0 aliphatic carbocycles. The maximum atomic E-state index is 10.8. The molecule has 1 aromatic heterocycles. The molecule has 0 radical (unpaired) electrons. The minimum Gasteiger partial charge on any atom is -0.357 e. The Morgan fingerprint density at radius 1 is 1.30 bits per heavy atom. The first-order valence-electron chi connectivity index (χ1n) is 5.56. The molecule has 9 heteroatoms. The van der Waals surface area contributed by atoms with Gasteiger partial charge in [-0.05, 0) is 23.8 Å². The average molecular weight is 294 g/mol. The van der Waals surface area contributed by atoms with Crippen LogP contribution in [0.4, 0.5) is 15.8 Å². The van der Waals surface area contributed by atoms with Gasteiger partial charge in [0.15, 0.2) is 5.13 Å². The van der Waals surface area contributed by atoms with Gasteiger partial charge in [-0.1, -0.05) is 12.1 Å². The summed E-state index contributed by atoms with van der Waals surface area (Å²) >= 11 is 0.921. The van der Waals surface area contributed by atoms with Crippen molar-refractivity contribution in [3.8, 4) is 0 Å². The molecule has 104 valence electrons. The van der Waals surface area contributed by atoms with Gasteiger partial charge in [0.05, 0.1) is 9.85 Å². The zero-order valence-electron chi connectivity index (χ0n) is 10.4. The highest BCUT2D eigenvalue weighted by molar-refractivity contribution is 7.18. The van der Waals surface area contributed by atoms with E-state index >= 15 is 0 Å². The highest BCUT2D eigenvalue weighted by atomic mass is 32.1. The standard InChI is InChI=1S/C11H10N4O4S/c1-7-8(3-2-4-9(7)14(16)17)5-12-11-13-6-10(20-11)15(18)19/h2-4,6H,5H2,1H3,(H,12,13). The molecule has 8 nitrogen and oxygen atoms in total. The molecule has 0 spiro atoms. The molecule has 1 heterocycles. The lowest BCUT2D eigenvalue weighted by Crippen LogP contribution is -2.03. The third-order valence-corrected chi connectivity index (χ3v) is 3.62. The highest BCUT2D eigenvalue weighted by Gasteiger charge is 2.14. The van der Waals surface area contributed by atoms with Crippen molar-refractivity contribution in [3.63, 3.8) is 0 Å². The zero-order valence-corrected chi connectivity index (χ0v) is 11.2. The maximum Gasteiger partial charge on any atom is 0.345 e. The highest BCUT2D eigenvalue weighted by Crippen LogP contribution is 2.26. The summed E-state index contributed by atoms with van der Waals surface area (Å²) in [7, 11) is 0. The Bertz CT molecular complexity index is 670. The molecule has 0 saturated carbocycles. The van der Waals surface area contributed by atoms with Gasteiger partial charge in [-0.3, -0.25) is 20.2 Å². The summed E-state index contributed by atoms with van der Waals surface area (Å²) in [6.07, 6.45) is 1.17. The van der Waals surface area contributed by atoms with Gasteiger partial charge in [0.25, 0.3) is 5.69 Å². The molecule has 0 fully saturated rings. The predicted molar refractivity (Wildman–Crippen MR) is 73.9 cm³/mol. The Balaban J connectivity index is 2.12. The lowest BCUT2D eigenvalue weighted by atomic mass is 10.1. The summed E-state index contributed by atoms with van der Waals surface area (Å²) < 4.78 is 0. The van der Waals surface area contributed by atoms with E-state index in [9.17, 15) is 20.2 Å². The molecule has 0 saturated heterocycles. The molecule has 2 rings (SSSR count). The zero-order chi connectivity index (χ0) is 14.7. The van der Waals surface area contributed by atoms with Crippen LogP contribution in [0.15, 0.2) is 24.4 Å². The molecule has 1 aromatic carbocycles. The third-order valence-electron chi connectivity index (χ3n) is 2.72. The third kappa shape index (κ3) is 2.88. The van der Waals surface area contributed by atoms with Gasteiger partial charge in [-0.2, -0.15) is 0 Å². The number of rotatable bonds is 5. The van der Waals surface area contributed by atoms with E-state index in [2.05, 4.69) is 10.3 Å². The average Bonchev–Trinajstić information content (AvgIpc) is 2.86. The molecular formula is C11H10N4O4S. The topological polar surface area (TPSA) is 111 Å². The van der Waals surface area contributed by atoms with E-state index in [0.717, 1.165) is 16.9 Å². The second-order valence-electron chi connectivity index (χ2n) is 3.93. The van der Waals surface area contributed by atoms with Gasteiger partial charge in [0.1, 0.15) is 6.20 Å². The molecule has 0 atom stereocenters. The van der Waals surface area contributed by atoms with Crippen molar-refractivity contribution in [2.45, 2.75) is 13.5 Å². The summed E-state index contributed by atoms with van der Waals surface area (Å²) in [5.41, 5.74) is 1.36. The van der Waals surface area contributed by atoms with Crippen molar-refractivity contribution < 1.29 is 9.85 Å². The lowest BCUT2D eigenvalue weighted by molar-refractivity contribution is -0.385. The summed E-state index contributed by atoms with van der Waals surface area (Å²) in [6, 6.07) is 4.80. The normalized spacial score (nSPS) is 10.2. The SMILES string of the molecule is Cc1c(CNc2ncc([N+](=O)[O-])s2)cccc1[N+](=O)[O-]. The van der Waals surface area contributed by atoms with Gasteiger partial charge >= 0.3 is 5.00 Å².